The third-order valence-corrected chi connectivity index (χ3v) is 3.54. The maximum Gasteiger partial charge on any atom is 0.0504 e. The number of nitrogens with one attached hydrogen (secondary N) is 1. The Morgan fingerprint density at radius 2 is 1.88 bits per heavy atom. The van der Waals surface area contributed by atoms with Crippen molar-refractivity contribution in [2.45, 2.75) is 32.6 Å². The van der Waals surface area contributed by atoms with Crippen molar-refractivity contribution in [3.63, 3.8) is 0 Å². The highest BCUT2D eigenvalue weighted by Crippen LogP contribution is 2.44. The molecule has 2 rings (SSSR count). The first kappa shape index (κ1) is 11.5. The van der Waals surface area contributed by atoms with E-state index >= 15 is 0 Å². The summed E-state index contributed by atoms with van der Waals surface area (Å²) in [5.74, 6) is 0.585. The van der Waals surface area contributed by atoms with Gasteiger partial charge in [-0.05, 0) is 36.5 Å². The zero-order valence-electron chi connectivity index (χ0n) is 10.2. The van der Waals surface area contributed by atoms with E-state index in [2.05, 4.69) is 43.4 Å². The highest BCUT2D eigenvalue weighted by molar-refractivity contribution is 5.45. The molecule has 1 aromatic carbocycles. The average molecular weight is 219 g/mol. The van der Waals surface area contributed by atoms with Crippen LogP contribution in [0.4, 0.5) is 5.69 Å². The summed E-state index contributed by atoms with van der Waals surface area (Å²) in [6.45, 7) is 5.61. The molecule has 1 aliphatic carbocycles. The summed E-state index contributed by atoms with van der Waals surface area (Å²) in [6.07, 6.45) is 2.31. The van der Waals surface area contributed by atoms with Gasteiger partial charge < -0.3 is 10.4 Å². The van der Waals surface area contributed by atoms with Gasteiger partial charge in [0.05, 0.1) is 6.61 Å². The summed E-state index contributed by atoms with van der Waals surface area (Å²) in [5, 5.41) is 12.6. The van der Waals surface area contributed by atoms with E-state index in [1.54, 1.807) is 0 Å². The standard InChI is InChI=1S/C14H21NO/c1-11(2)12-3-5-13(6-4-12)15-9-14(10-16)7-8-14/h3-6,11,15-16H,7-10H2,1-2H3. The van der Waals surface area contributed by atoms with Gasteiger partial charge in [-0.2, -0.15) is 0 Å². The van der Waals surface area contributed by atoms with E-state index in [1.807, 2.05) is 0 Å². The van der Waals surface area contributed by atoms with Crippen LogP contribution in [-0.2, 0) is 0 Å². The molecule has 0 spiro atoms. The highest BCUT2D eigenvalue weighted by atomic mass is 16.3. The first-order valence-corrected chi connectivity index (χ1v) is 6.10. The van der Waals surface area contributed by atoms with Gasteiger partial charge in [0, 0.05) is 17.6 Å². The second-order valence-electron chi connectivity index (χ2n) is 5.29. The zero-order chi connectivity index (χ0) is 11.6. The van der Waals surface area contributed by atoms with Crippen molar-refractivity contribution in [3.05, 3.63) is 29.8 Å². The first-order chi connectivity index (χ1) is 7.65. The molecule has 2 nitrogen and oxygen atoms in total. The zero-order valence-corrected chi connectivity index (χ0v) is 10.2. The minimum absolute atomic E-state index is 0.177. The Labute approximate surface area is 97.7 Å². The van der Waals surface area contributed by atoms with Crippen LogP contribution >= 0.6 is 0 Å². The van der Waals surface area contributed by atoms with E-state index in [0.29, 0.717) is 12.5 Å². The topological polar surface area (TPSA) is 32.3 Å². The van der Waals surface area contributed by atoms with Crippen molar-refractivity contribution < 1.29 is 5.11 Å². The SMILES string of the molecule is CC(C)c1ccc(NCC2(CO)CC2)cc1. The number of hydrogen-bond donors (Lipinski definition) is 2. The van der Waals surface area contributed by atoms with Gasteiger partial charge in [-0.15, -0.1) is 0 Å². The summed E-state index contributed by atoms with van der Waals surface area (Å²) in [6, 6.07) is 8.60. The molecule has 1 aliphatic rings. The first-order valence-electron chi connectivity index (χ1n) is 6.10. The van der Waals surface area contributed by atoms with Gasteiger partial charge in [0.2, 0.25) is 0 Å². The number of rotatable bonds is 5. The van der Waals surface area contributed by atoms with E-state index in [0.717, 1.165) is 25.1 Å². The van der Waals surface area contributed by atoms with Gasteiger partial charge in [0.15, 0.2) is 0 Å². The van der Waals surface area contributed by atoms with Gasteiger partial charge in [-0.3, -0.25) is 0 Å². The number of anilines is 1. The monoisotopic (exact) mass is 219 g/mol. The van der Waals surface area contributed by atoms with Crippen LogP contribution in [0.3, 0.4) is 0 Å². The Kier molecular flexibility index (Phi) is 3.20. The van der Waals surface area contributed by atoms with Crippen molar-refractivity contribution in [2.24, 2.45) is 5.41 Å². The van der Waals surface area contributed by atoms with E-state index < -0.39 is 0 Å². The molecule has 2 N–H and O–H groups in total. The van der Waals surface area contributed by atoms with Crippen LogP contribution in [0.1, 0.15) is 38.2 Å². The van der Waals surface area contributed by atoms with Gasteiger partial charge in [-0.1, -0.05) is 26.0 Å². The maximum atomic E-state index is 9.21. The van der Waals surface area contributed by atoms with E-state index in [4.69, 9.17) is 0 Å². The summed E-state index contributed by atoms with van der Waals surface area (Å²) in [7, 11) is 0. The van der Waals surface area contributed by atoms with Crippen LogP contribution < -0.4 is 5.32 Å². The van der Waals surface area contributed by atoms with Crippen LogP contribution in [-0.4, -0.2) is 18.3 Å². The Bertz CT molecular complexity index is 338. The molecule has 0 radical (unpaired) electrons. The quantitative estimate of drug-likeness (QED) is 0.798. The normalized spacial score (nSPS) is 17.5. The molecule has 0 aromatic heterocycles. The third-order valence-electron chi connectivity index (χ3n) is 3.54. The summed E-state index contributed by atoms with van der Waals surface area (Å²) < 4.78 is 0. The maximum absolute atomic E-state index is 9.21. The fraction of sp³-hybridized carbons (Fsp3) is 0.571. The van der Waals surface area contributed by atoms with Crippen molar-refractivity contribution in [1.29, 1.82) is 0 Å². The molecule has 0 saturated heterocycles. The smallest absolute Gasteiger partial charge is 0.0504 e. The van der Waals surface area contributed by atoms with Gasteiger partial charge in [-0.25, -0.2) is 0 Å². The molecular formula is C14H21NO. The molecule has 0 amide bonds. The molecule has 1 aromatic rings. The molecule has 0 atom stereocenters. The lowest BCUT2D eigenvalue weighted by molar-refractivity contribution is 0.220. The van der Waals surface area contributed by atoms with Crippen molar-refractivity contribution in [1.82, 2.24) is 0 Å². The molecular weight excluding hydrogens is 198 g/mol. The van der Waals surface area contributed by atoms with Crippen molar-refractivity contribution in [2.75, 3.05) is 18.5 Å². The second kappa shape index (κ2) is 4.46. The van der Waals surface area contributed by atoms with E-state index in [1.165, 1.54) is 5.56 Å². The summed E-state index contributed by atoms with van der Waals surface area (Å²) >= 11 is 0. The number of aliphatic hydroxyl groups is 1. The highest BCUT2D eigenvalue weighted by Gasteiger charge is 2.41. The third kappa shape index (κ3) is 2.56. The summed E-state index contributed by atoms with van der Waals surface area (Å²) in [4.78, 5) is 0. The lowest BCUT2D eigenvalue weighted by Gasteiger charge is -2.14. The molecule has 1 fully saturated rings. The van der Waals surface area contributed by atoms with Crippen LogP contribution in [0.5, 0.6) is 0 Å². The lowest BCUT2D eigenvalue weighted by Crippen LogP contribution is -2.18. The second-order valence-corrected chi connectivity index (χ2v) is 5.29. The fourth-order valence-corrected chi connectivity index (χ4v) is 1.84. The van der Waals surface area contributed by atoms with Crippen LogP contribution in [0.2, 0.25) is 0 Å². The molecule has 0 bridgehead atoms. The predicted octanol–water partition coefficient (Wildman–Crippen LogP) is 2.99. The predicted molar refractivity (Wildman–Crippen MR) is 67.8 cm³/mol. The Hall–Kier alpha value is -1.02. The van der Waals surface area contributed by atoms with Gasteiger partial charge in [0.1, 0.15) is 0 Å². The molecule has 0 unspecified atom stereocenters. The van der Waals surface area contributed by atoms with Crippen LogP contribution in [0, 0.1) is 5.41 Å². The molecule has 0 aliphatic heterocycles. The lowest BCUT2D eigenvalue weighted by atomic mass is 10.0. The average Bonchev–Trinajstić information content (AvgIpc) is 3.08. The number of benzene rings is 1. The van der Waals surface area contributed by atoms with Crippen LogP contribution in [0.15, 0.2) is 24.3 Å². The van der Waals surface area contributed by atoms with E-state index in [9.17, 15) is 5.11 Å². The Morgan fingerprint density at radius 3 is 2.31 bits per heavy atom. The molecule has 0 heterocycles. The minimum atomic E-state index is 0.177. The number of aliphatic hydroxyl groups excluding tert-OH is 1. The minimum Gasteiger partial charge on any atom is -0.396 e. The molecule has 1 saturated carbocycles. The van der Waals surface area contributed by atoms with Gasteiger partial charge >= 0.3 is 0 Å². The summed E-state index contributed by atoms with van der Waals surface area (Å²) in [5.41, 5.74) is 2.70. The Morgan fingerprint density at radius 1 is 1.25 bits per heavy atom. The Balaban J connectivity index is 1.90. The van der Waals surface area contributed by atoms with Gasteiger partial charge in [0.25, 0.3) is 0 Å². The van der Waals surface area contributed by atoms with Crippen LogP contribution in [0.25, 0.3) is 0 Å². The van der Waals surface area contributed by atoms with E-state index in [-0.39, 0.29) is 5.41 Å². The fourth-order valence-electron chi connectivity index (χ4n) is 1.84. The molecule has 16 heavy (non-hydrogen) atoms. The number of hydrogen-bond acceptors (Lipinski definition) is 2. The largest absolute Gasteiger partial charge is 0.396 e. The van der Waals surface area contributed by atoms with Crippen molar-refractivity contribution >= 4 is 5.69 Å². The molecule has 2 heteroatoms. The molecule has 88 valence electrons. The van der Waals surface area contributed by atoms with Crippen molar-refractivity contribution in [3.8, 4) is 0 Å².